The number of nitrogen functional groups attached to an aromatic ring is 1. The number of nitrogens with two attached hydrogens (primary N) is 1. The van der Waals surface area contributed by atoms with Gasteiger partial charge in [0.05, 0.1) is 10.2 Å². The van der Waals surface area contributed by atoms with E-state index in [0.717, 1.165) is 22.9 Å². The average molecular weight is 262 g/mol. The highest BCUT2D eigenvalue weighted by atomic mass is 32.1. The van der Waals surface area contributed by atoms with Crippen LogP contribution < -0.4 is 10.6 Å². The molecular weight excluding hydrogens is 244 g/mol. The molecule has 0 amide bonds. The Bertz CT molecular complexity index is 565. The Morgan fingerprint density at radius 3 is 3.06 bits per heavy atom. The number of hydrogen-bond acceptors (Lipinski definition) is 5. The highest BCUT2D eigenvalue weighted by Crippen LogP contribution is 2.31. The molecule has 1 aliphatic rings. The molecule has 0 bridgehead atoms. The number of aromatic nitrogens is 1. The van der Waals surface area contributed by atoms with E-state index in [2.05, 4.69) is 23.9 Å². The summed E-state index contributed by atoms with van der Waals surface area (Å²) in [7, 11) is 4.32. The van der Waals surface area contributed by atoms with Crippen LogP contribution in [0.25, 0.3) is 10.2 Å². The van der Waals surface area contributed by atoms with Crippen molar-refractivity contribution in [1.82, 2.24) is 9.88 Å². The lowest BCUT2D eigenvalue weighted by Crippen LogP contribution is -2.33. The minimum Gasteiger partial charge on any atom is -0.399 e. The molecule has 2 aromatic rings. The van der Waals surface area contributed by atoms with E-state index in [1.54, 1.807) is 11.3 Å². The van der Waals surface area contributed by atoms with Crippen molar-refractivity contribution < 1.29 is 0 Å². The lowest BCUT2D eigenvalue weighted by Gasteiger charge is -2.23. The topological polar surface area (TPSA) is 45.4 Å². The first-order valence-electron chi connectivity index (χ1n) is 6.21. The van der Waals surface area contributed by atoms with E-state index in [-0.39, 0.29) is 0 Å². The number of likely N-dealkylation sites (N-methyl/N-ethyl adjacent to an activating group) is 2. The molecule has 4 nitrogen and oxygen atoms in total. The lowest BCUT2D eigenvalue weighted by atomic mass is 10.2. The molecule has 1 aromatic heterocycles. The van der Waals surface area contributed by atoms with Gasteiger partial charge in [-0.15, -0.1) is 0 Å². The first kappa shape index (κ1) is 11.7. The van der Waals surface area contributed by atoms with E-state index in [1.165, 1.54) is 17.7 Å². The van der Waals surface area contributed by atoms with Crippen LogP contribution in [0.3, 0.4) is 0 Å². The lowest BCUT2D eigenvalue weighted by molar-refractivity contribution is 0.409. The van der Waals surface area contributed by atoms with E-state index in [9.17, 15) is 0 Å². The van der Waals surface area contributed by atoms with Crippen molar-refractivity contribution in [3.8, 4) is 0 Å². The van der Waals surface area contributed by atoms with Crippen molar-refractivity contribution in [3.63, 3.8) is 0 Å². The summed E-state index contributed by atoms with van der Waals surface area (Å²) in [5, 5.41) is 1.09. The van der Waals surface area contributed by atoms with Crippen LogP contribution >= 0.6 is 11.3 Å². The standard InChI is InChI=1S/C13H18N4S/c1-16-6-5-10(8-16)17(2)13-15-11-4-3-9(14)7-12(11)18-13/h3-4,7,10H,5-6,8,14H2,1-2H3. The maximum absolute atomic E-state index is 5.81. The largest absolute Gasteiger partial charge is 0.399 e. The quantitative estimate of drug-likeness (QED) is 0.841. The molecule has 2 heterocycles. The van der Waals surface area contributed by atoms with Gasteiger partial charge in [0, 0.05) is 25.3 Å². The van der Waals surface area contributed by atoms with E-state index >= 15 is 0 Å². The van der Waals surface area contributed by atoms with Gasteiger partial charge in [0.15, 0.2) is 5.13 Å². The van der Waals surface area contributed by atoms with E-state index < -0.39 is 0 Å². The molecule has 1 unspecified atom stereocenters. The maximum Gasteiger partial charge on any atom is 0.186 e. The van der Waals surface area contributed by atoms with E-state index in [4.69, 9.17) is 10.7 Å². The summed E-state index contributed by atoms with van der Waals surface area (Å²) < 4.78 is 1.17. The molecule has 18 heavy (non-hydrogen) atoms. The number of rotatable bonds is 2. The summed E-state index contributed by atoms with van der Waals surface area (Å²) >= 11 is 1.72. The highest BCUT2D eigenvalue weighted by Gasteiger charge is 2.25. The summed E-state index contributed by atoms with van der Waals surface area (Å²) in [6.07, 6.45) is 1.21. The van der Waals surface area contributed by atoms with Crippen LogP contribution in [0.4, 0.5) is 10.8 Å². The summed E-state index contributed by atoms with van der Waals surface area (Å²) in [5.74, 6) is 0. The van der Waals surface area contributed by atoms with Crippen LogP contribution in [-0.2, 0) is 0 Å². The molecule has 1 aliphatic heterocycles. The van der Waals surface area contributed by atoms with Crippen LogP contribution in [-0.4, -0.2) is 43.1 Å². The molecule has 96 valence electrons. The molecule has 1 aromatic carbocycles. The number of benzene rings is 1. The average Bonchev–Trinajstić information content (AvgIpc) is 2.93. The Labute approximate surface area is 111 Å². The predicted octanol–water partition coefficient (Wildman–Crippen LogP) is 2.02. The van der Waals surface area contributed by atoms with Crippen molar-refractivity contribution in [2.75, 3.05) is 37.8 Å². The maximum atomic E-state index is 5.81. The number of anilines is 2. The molecule has 1 fully saturated rings. The third kappa shape index (κ3) is 2.04. The number of thiazole rings is 1. The van der Waals surface area contributed by atoms with Gasteiger partial charge in [-0.3, -0.25) is 0 Å². The Balaban J connectivity index is 1.89. The monoisotopic (exact) mass is 262 g/mol. The third-order valence-electron chi connectivity index (χ3n) is 3.62. The zero-order valence-electron chi connectivity index (χ0n) is 10.8. The van der Waals surface area contributed by atoms with Crippen LogP contribution in [0.2, 0.25) is 0 Å². The minimum absolute atomic E-state index is 0.577. The van der Waals surface area contributed by atoms with Gasteiger partial charge < -0.3 is 15.5 Å². The predicted molar refractivity (Wildman–Crippen MR) is 78.3 cm³/mol. The van der Waals surface area contributed by atoms with Gasteiger partial charge in [-0.2, -0.15) is 0 Å². The number of nitrogens with zero attached hydrogens (tertiary/aromatic N) is 3. The van der Waals surface area contributed by atoms with E-state index in [1.807, 2.05) is 18.2 Å². The van der Waals surface area contributed by atoms with Crippen molar-refractivity contribution in [1.29, 1.82) is 0 Å². The van der Waals surface area contributed by atoms with Crippen molar-refractivity contribution in [2.24, 2.45) is 0 Å². The second-order valence-electron chi connectivity index (χ2n) is 5.04. The number of fused-ring (bicyclic) bond motifs is 1. The molecular formula is C13H18N4S. The molecule has 1 atom stereocenters. The molecule has 0 spiro atoms. The molecule has 0 saturated carbocycles. The fourth-order valence-electron chi connectivity index (χ4n) is 2.46. The van der Waals surface area contributed by atoms with Crippen LogP contribution in [0, 0.1) is 0 Å². The van der Waals surface area contributed by atoms with Crippen molar-refractivity contribution >= 4 is 32.4 Å². The normalized spacial score (nSPS) is 20.7. The fraction of sp³-hybridized carbons (Fsp3) is 0.462. The Hall–Kier alpha value is -1.33. The summed E-state index contributed by atoms with van der Waals surface area (Å²) in [4.78, 5) is 9.37. The zero-order valence-corrected chi connectivity index (χ0v) is 11.6. The van der Waals surface area contributed by atoms with Crippen LogP contribution in [0.1, 0.15) is 6.42 Å². The minimum atomic E-state index is 0.577. The SMILES string of the molecule is CN1CCC(N(C)c2nc3ccc(N)cc3s2)C1. The van der Waals surface area contributed by atoms with Gasteiger partial charge in [0.1, 0.15) is 0 Å². The van der Waals surface area contributed by atoms with Gasteiger partial charge in [0.25, 0.3) is 0 Å². The summed E-state index contributed by atoms with van der Waals surface area (Å²) in [6, 6.07) is 6.49. The molecule has 2 N–H and O–H groups in total. The second kappa shape index (κ2) is 4.40. The Kier molecular flexibility index (Phi) is 2.87. The fourth-order valence-corrected chi connectivity index (χ4v) is 3.51. The molecule has 3 rings (SSSR count). The molecule has 1 saturated heterocycles. The summed E-state index contributed by atoms with van der Waals surface area (Å²) in [6.45, 7) is 2.29. The number of likely N-dealkylation sites (tertiary alicyclic amines) is 1. The first-order valence-corrected chi connectivity index (χ1v) is 7.02. The van der Waals surface area contributed by atoms with Gasteiger partial charge in [0.2, 0.25) is 0 Å². The molecule has 0 aliphatic carbocycles. The van der Waals surface area contributed by atoms with Gasteiger partial charge in [-0.05, 0) is 38.2 Å². The van der Waals surface area contributed by atoms with E-state index in [0.29, 0.717) is 6.04 Å². The van der Waals surface area contributed by atoms with Crippen LogP contribution in [0.5, 0.6) is 0 Å². The second-order valence-corrected chi connectivity index (χ2v) is 6.05. The first-order chi connectivity index (χ1) is 8.63. The van der Waals surface area contributed by atoms with Gasteiger partial charge >= 0.3 is 0 Å². The van der Waals surface area contributed by atoms with Crippen LogP contribution in [0.15, 0.2) is 18.2 Å². The molecule has 0 radical (unpaired) electrons. The summed E-state index contributed by atoms with van der Waals surface area (Å²) in [5.41, 5.74) is 7.66. The number of hydrogen-bond donors (Lipinski definition) is 1. The van der Waals surface area contributed by atoms with Crippen molar-refractivity contribution in [3.05, 3.63) is 18.2 Å². The van der Waals surface area contributed by atoms with Crippen molar-refractivity contribution in [2.45, 2.75) is 12.5 Å². The van der Waals surface area contributed by atoms with Gasteiger partial charge in [-0.1, -0.05) is 11.3 Å². The third-order valence-corrected chi connectivity index (χ3v) is 4.73. The van der Waals surface area contributed by atoms with Gasteiger partial charge in [-0.25, -0.2) is 4.98 Å². The zero-order chi connectivity index (χ0) is 12.7. The Morgan fingerprint density at radius 2 is 2.33 bits per heavy atom. The Morgan fingerprint density at radius 1 is 1.50 bits per heavy atom. The smallest absolute Gasteiger partial charge is 0.186 e. The highest BCUT2D eigenvalue weighted by molar-refractivity contribution is 7.22. The molecule has 5 heteroatoms.